The van der Waals surface area contributed by atoms with Crippen molar-refractivity contribution in [1.29, 1.82) is 0 Å². The fourth-order valence-electron chi connectivity index (χ4n) is 3.63. The standard InChI is InChI=1S/C21H22N2O2/c1-21(2,17-11-22-19-7-5-13(24-3)9-15(17)19)18-12-23-20-8-6-14(25-4)10-16(18)20/h5-12,22-23H,1-4H3. The van der Waals surface area contributed by atoms with Crippen LogP contribution in [0, 0.1) is 0 Å². The van der Waals surface area contributed by atoms with E-state index in [1.54, 1.807) is 14.2 Å². The first-order chi connectivity index (χ1) is 12.0. The summed E-state index contributed by atoms with van der Waals surface area (Å²) in [4.78, 5) is 6.78. The van der Waals surface area contributed by atoms with Crippen LogP contribution in [0.15, 0.2) is 48.8 Å². The quantitative estimate of drug-likeness (QED) is 0.552. The molecule has 0 unspecified atom stereocenters. The van der Waals surface area contributed by atoms with Gasteiger partial charge in [-0.05, 0) is 47.5 Å². The summed E-state index contributed by atoms with van der Waals surface area (Å²) in [6.07, 6.45) is 4.20. The van der Waals surface area contributed by atoms with Gasteiger partial charge in [0.2, 0.25) is 0 Å². The number of fused-ring (bicyclic) bond motifs is 2. The molecule has 0 bridgehead atoms. The normalized spacial score (nSPS) is 12.0. The largest absolute Gasteiger partial charge is 0.497 e. The third-order valence-electron chi connectivity index (χ3n) is 5.12. The third-order valence-corrected chi connectivity index (χ3v) is 5.12. The van der Waals surface area contributed by atoms with Crippen LogP contribution in [0.25, 0.3) is 21.8 Å². The number of hydrogen-bond donors (Lipinski definition) is 2. The van der Waals surface area contributed by atoms with Gasteiger partial charge in [0.1, 0.15) is 11.5 Å². The maximum Gasteiger partial charge on any atom is 0.119 e. The van der Waals surface area contributed by atoms with Gasteiger partial charge < -0.3 is 19.4 Å². The maximum atomic E-state index is 5.41. The van der Waals surface area contributed by atoms with E-state index in [9.17, 15) is 0 Å². The van der Waals surface area contributed by atoms with Crippen molar-refractivity contribution < 1.29 is 9.47 Å². The Morgan fingerprint density at radius 3 is 1.56 bits per heavy atom. The molecule has 0 aliphatic heterocycles. The molecule has 0 amide bonds. The van der Waals surface area contributed by atoms with Crippen LogP contribution in [0.4, 0.5) is 0 Å². The fraction of sp³-hybridized carbons (Fsp3) is 0.238. The molecule has 0 saturated carbocycles. The fourth-order valence-corrected chi connectivity index (χ4v) is 3.63. The maximum absolute atomic E-state index is 5.41. The zero-order valence-electron chi connectivity index (χ0n) is 14.9. The van der Waals surface area contributed by atoms with Gasteiger partial charge in [-0.3, -0.25) is 0 Å². The molecule has 25 heavy (non-hydrogen) atoms. The average Bonchev–Trinajstić information content (AvgIpc) is 3.24. The van der Waals surface area contributed by atoms with Crippen molar-refractivity contribution in [2.45, 2.75) is 19.3 Å². The Bertz CT molecular complexity index is 972. The molecule has 0 saturated heterocycles. The van der Waals surface area contributed by atoms with Crippen LogP contribution in [0.2, 0.25) is 0 Å². The van der Waals surface area contributed by atoms with Crippen LogP contribution < -0.4 is 9.47 Å². The molecule has 2 N–H and O–H groups in total. The molecule has 2 heterocycles. The van der Waals surface area contributed by atoms with E-state index in [0.29, 0.717) is 0 Å². The van der Waals surface area contributed by atoms with Gasteiger partial charge in [0, 0.05) is 39.6 Å². The number of rotatable bonds is 4. The first kappa shape index (κ1) is 15.6. The molecule has 0 aliphatic carbocycles. The van der Waals surface area contributed by atoms with Crippen molar-refractivity contribution in [1.82, 2.24) is 9.97 Å². The van der Waals surface area contributed by atoms with Crippen molar-refractivity contribution in [3.8, 4) is 11.5 Å². The first-order valence-electron chi connectivity index (χ1n) is 8.36. The minimum atomic E-state index is -0.185. The molecule has 4 aromatic rings. The summed E-state index contributed by atoms with van der Waals surface area (Å²) < 4.78 is 10.8. The van der Waals surface area contributed by atoms with Crippen molar-refractivity contribution in [2.75, 3.05) is 14.2 Å². The summed E-state index contributed by atoms with van der Waals surface area (Å²) in [5, 5.41) is 2.36. The summed E-state index contributed by atoms with van der Waals surface area (Å²) in [6, 6.07) is 12.3. The van der Waals surface area contributed by atoms with Gasteiger partial charge in [-0.25, -0.2) is 0 Å². The third kappa shape index (κ3) is 2.37. The minimum Gasteiger partial charge on any atom is -0.497 e. The van der Waals surface area contributed by atoms with Gasteiger partial charge in [0.25, 0.3) is 0 Å². The Kier molecular flexibility index (Phi) is 3.49. The van der Waals surface area contributed by atoms with E-state index in [-0.39, 0.29) is 5.41 Å². The van der Waals surface area contributed by atoms with Crippen molar-refractivity contribution in [3.05, 3.63) is 59.9 Å². The van der Waals surface area contributed by atoms with Gasteiger partial charge in [-0.15, -0.1) is 0 Å². The molecule has 4 heteroatoms. The predicted octanol–water partition coefficient (Wildman–Crippen LogP) is 4.99. The number of hydrogen-bond acceptors (Lipinski definition) is 2. The van der Waals surface area contributed by atoms with E-state index in [4.69, 9.17) is 9.47 Å². The van der Waals surface area contributed by atoms with Gasteiger partial charge >= 0.3 is 0 Å². The number of aromatic amines is 2. The predicted molar refractivity (Wildman–Crippen MR) is 102 cm³/mol. The van der Waals surface area contributed by atoms with E-state index in [1.807, 2.05) is 12.1 Å². The zero-order valence-corrected chi connectivity index (χ0v) is 14.9. The molecule has 2 aromatic heterocycles. The van der Waals surface area contributed by atoms with Crippen LogP contribution >= 0.6 is 0 Å². The van der Waals surface area contributed by atoms with Crippen molar-refractivity contribution in [3.63, 3.8) is 0 Å². The second kappa shape index (κ2) is 5.59. The summed E-state index contributed by atoms with van der Waals surface area (Å²) in [5.41, 5.74) is 4.52. The Labute approximate surface area is 146 Å². The Morgan fingerprint density at radius 1 is 0.720 bits per heavy atom. The van der Waals surface area contributed by atoms with Gasteiger partial charge in [-0.1, -0.05) is 13.8 Å². The smallest absolute Gasteiger partial charge is 0.119 e. The SMILES string of the molecule is COc1ccc2[nH]cc(C(C)(C)c3c[nH]c4ccc(OC)cc34)c2c1. The van der Waals surface area contributed by atoms with E-state index in [1.165, 1.54) is 21.9 Å². The highest BCUT2D eigenvalue weighted by atomic mass is 16.5. The van der Waals surface area contributed by atoms with Crippen LogP contribution in [-0.2, 0) is 5.41 Å². The van der Waals surface area contributed by atoms with Crippen molar-refractivity contribution >= 4 is 21.8 Å². The van der Waals surface area contributed by atoms with Gasteiger partial charge in [0.05, 0.1) is 14.2 Å². The van der Waals surface area contributed by atoms with Crippen LogP contribution in [0.1, 0.15) is 25.0 Å². The highest BCUT2D eigenvalue weighted by Gasteiger charge is 2.29. The highest BCUT2D eigenvalue weighted by Crippen LogP contribution is 2.40. The molecule has 4 rings (SSSR count). The molecule has 0 radical (unpaired) electrons. The lowest BCUT2D eigenvalue weighted by atomic mass is 9.78. The minimum absolute atomic E-state index is 0.185. The van der Waals surface area contributed by atoms with Crippen molar-refractivity contribution in [2.24, 2.45) is 0 Å². The number of ether oxygens (including phenoxy) is 2. The number of nitrogens with one attached hydrogen (secondary N) is 2. The first-order valence-corrected chi connectivity index (χ1v) is 8.36. The highest BCUT2D eigenvalue weighted by molar-refractivity contribution is 5.90. The van der Waals surface area contributed by atoms with E-state index < -0.39 is 0 Å². The lowest BCUT2D eigenvalue weighted by molar-refractivity contribution is 0.415. The molecule has 2 aromatic carbocycles. The molecule has 0 spiro atoms. The van der Waals surface area contributed by atoms with Crippen LogP contribution in [-0.4, -0.2) is 24.2 Å². The molecule has 0 atom stereocenters. The molecular formula is C21H22N2O2. The molecule has 0 fully saturated rings. The topological polar surface area (TPSA) is 50.0 Å². The molecular weight excluding hydrogens is 312 g/mol. The van der Waals surface area contributed by atoms with Crippen LogP contribution in [0.3, 0.4) is 0 Å². The Balaban J connectivity index is 1.92. The second-order valence-corrected chi connectivity index (χ2v) is 6.85. The Hall–Kier alpha value is -2.88. The molecule has 4 nitrogen and oxygen atoms in total. The summed E-state index contributed by atoms with van der Waals surface area (Å²) in [5.74, 6) is 1.73. The Morgan fingerprint density at radius 2 is 1.16 bits per heavy atom. The lowest BCUT2D eigenvalue weighted by Crippen LogP contribution is -2.18. The van der Waals surface area contributed by atoms with E-state index in [2.05, 4.69) is 60.5 Å². The molecule has 128 valence electrons. The summed E-state index contributed by atoms with van der Waals surface area (Å²) in [7, 11) is 3.40. The lowest BCUT2D eigenvalue weighted by Gasteiger charge is -2.24. The number of aromatic nitrogens is 2. The zero-order chi connectivity index (χ0) is 17.6. The summed E-state index contributed by atoms with van der Waals surface area (Å²) in [6.45, 7) is 4.49. The average molecular weight is 334 g/mol. The van der Waals surface area contributed by atoms with E-state index in [0.717, 1.165) is 22.5 Å². The van der Waals surface area contributed by atoms with E-state index >= 15 is 0 Å². The number of benzene rings is 2. The van der Waals surface area contributed by atoms with Gasteiger partial charge in [-0.2, -0.15) is 0 Å². The second-order valence-electron chi connectivity index (χ2n) is 6.85. The number of methoxy groups -OCH3 is 2. The molecule has 0 aliphatic rings. The summed E-state index contributed by atoms with van der Waals surface area (Å²) >= 11 is 0. The van der Waals surface area contributed by atoms with Gasteiger partial charge in [0.15, 0.2) is 0 Å². The van der Waals surface area contributed by atoms with Crippen LogP contribution in [0.5, 0.6) is 11.5 Å². The number of H-pyrrole nitrogens is 2. The monoisotopic (exact) mass is 334 g/mol.